The topological polar surface area (TPSA) is 55.7 Å². The third-order valence-electron chi connectivity index (χ3n) is 3.16. The van der Waals surface area contributed by atoms with E-state index in [0.29, 0.717) is 5.69 Å². The van der Waals surface area contributed by atoms with Crippen molar-refractivity contribution in [3.8, 4) is 0 Å². The molecule has 2 aromatic rings. The molecule has 0 saturated carbocycles. The molecule has 0 aliphatic carbocycles. The van der Waals surface area contributed by atoms with Crippen LogP contribution in [0, 0.1) is 5.92 Å². The first kappa shape index (κ1) is 18.4. The quantitative estimate of drug-likeness (QED) is 0.297. The standard InChI is InChI=1S/C18H15BrClNO3/c1-2-24-18(23)15(11-21-13-9-7-12(19)8-10-13)17(22)14-5-3-4-6-16(14)20/h3-11,15H,2H2,1H3. The number of aliphatic imine (C=N–C) groups is 1. The number of esters is 1. The van der Waals surface area contributed by atoms with Gasteiger partial charge in [-0.3, -0.25) is 14.6 Å². The summed E-state index contributed by atoms with van der Waals surface area (Å²) in [5.74, 6) is -2.24. The van der Waals surface area contributed by atoms with Crippen molar-refractivity contribution < 1.29 is 14.3 Å². The Morgan fingerprint density at radius 2 is 1.88 bits per heavy atom. The summed E-state index contributed by atoms with van der Waals surface area (Å²) in [6.07, 6.45) is 1.30. The number of ketones is 1. The summed E-state index contributed by atoms with van der Waals surface area (Å²) >= 11 is 9.39. The van der Waals surface area contributed by atoms with Crippen LogP contribution in [0.1, 0.15) is 17.3 Å². The number of Topliss-reactive ketones (excluding diaryl/α,β-unsaturated/α-hetero) is 1. The molecule has 0 aliphatic rings. The fourth-order valence-electron chi connectivity index (χ4n) is 1.98. The van der Waals surface area contributed by atoms with E-state index in [1.807, 2.05) is 12.1 Å². The molecular weight excluding hydrogens is 394 g/mol. The van der Waals surface area contributed by atoms with Crippen molar-refractivity contribution in [2.45, 2.75) is 6.92 Å². The minimum absolute atomic E-state index is 0.178. The lowest BCUT2D eigenvalue weighted by Gasteiger charge is -2.11. The molecule has 0 spiro atoms. The Balaban J connectivity index is 2.31. The van der Waals surface area contributed by atoms with Crippen LogP contribution < -0.4 is 0 Å². The summed E-state index contributed by atoms with van der Waals surface area (Å²) in [5.41, 5.74) is 0.888. The van der Waals surface area contributed by atoms with E-state index in [1.165, 1.54) is 6.21 Å². The van der Waals surface area contributed by atoms with E-state index in [1.54, 1.807) is 43.3 Å². The first-order valence-corrected chi connectivity index (χ1v) is 8.45. The minimum atomic E-state index is -1.14. The van der Waals surface area contributed by atoms with Crippen LogP contribution in [0.5, 0.6) is 0 Å². The lowest BCUT2D eigenvalue weighted by Crippen LogP contribution is -2.28. The molecule has 2 rings (SSSR count). The number of hydrogen-bond acceptors (Lipinski definition) is 4. The molecule has 124 valence electrons. The SMILES string of the molecule is CCOC(=O)C(C=Nc1ccc(Br)cc1)C(=O)c1ccccc1Cl. The Morgan fingerprint density at radius 1 is 1.21 bits per heavy atom. The minimum Gasteiger partial charge on any atom is -0.465 e. The van der Waals surface area contributed by atoms with Crippen molar-refractivity contribution in [2.75, 3.05) is 6.61 Å². The van der Waals surface area contributed by atoms with Crippen LogP contribution in [0.2, 0.25) is 5.02 Å². The van der Waals surface area contributed by atoms with E-state index in [-0.39, 0.29) is 17.2 Å². The van der Waals surface area contributed by atoms with Gasteiger partial charge in [-0.1, -0.05) is 39.7 Å². The summed E-state index contributed by atoms with van der Waals surface area (Å²) in [6.45, 7) is 1.86. The van der Waals surface area contributed by atoms with Crippen LogP contribution in [0.25, 0.3) is 0 Å². The molecule has 1 unspecified atom stereocenters. The summed E-state index contributed by atoms with van der Waals surface area (Å²) in [6, 6.07) is 13.8. The van der Waals surface area contributed by atoms with Gasteiger partial charge in [0.2, 0.25) is 0 Å². The third-order valence-corrected chi connectivity index (χ3v) is 4.02. The zero-order chi connectivity index (χ0) is 17.5. The van der Waals surface area contributed by atoms with Gasteiger partial charge in [-0.05, 0) is 43.3 Å². The van der Waals surface area contributed by atoms with Crippen LogP contribution in [-0.2, 0) is 9.53 Å². The predicted molar refractivity (Wildman–Crippen MR) is 98.2 cm³/mol. The van der Waals surface area contributed by atoms with E-state index in [0.717, 1.165) is 4.47 Å². The first-order chi connectivity index (χ1) is 11.5. The van der Waals surface area contributed by atoms with Gasteiger partial charge in [0.05, 0.1) is 17.3 Å². The second kappa shape index (κ2) is 8.76. The molecule has 24 heavy (non-hydrogen) atoms. The van der Waals surface area contributed by atoms with E-state index in [9.17, 15) is 9.59 Å². The summed E-state index contributed by atoms with van der Waals surface area (Å²) in [7, 11) is 0. The lowest BCUT2D eigenvalue weighted by molar-refractivity contribution is -0.143. The molecule has 4 nitrogen and oxygen atoms in total. The lowest BCUT2D eigenvalue weighted by atomic mass is 9.98. The molecule has 0 aromatic heterocycles. The number of ether oxygens (including phenoxy) is 1. The average molecular weight is 409 g/mol. The van der Waals surface area contributed by atoms with Gasteiger partial charge in [0.25, 0.3) is 0 Å². The molecule has 0 radical (unpaired) electrons. The fraction of sp³-hybridized carbons (Fsp3) is 0.167. The second-order valence-corrected chi connectivity index (χ2v) is 6.15. The van der Waals surface area contributed by atoms with Crippen molar-refractivity contribution >= 4 is 51.2 Å². The number of benzene rings is 2. The van der Waals surface area contributed by atoms with Crippen LogP contribution >= 0.6 is 27.5 Å². The maximum atomic E-state index is 12.7. The Labute approximate surface area is 153 Å². The smallest absolute Gasteiger partial charge is 0.322 e. The molecular formula is C18H15BrClNO3. The first-order valence-electron chi connectivity index (χ1n) is 7.28. The van der Waals surface area contributed by atoms with E-state index in [4.69, 9.17) is 16.3 Å². The number of carbonyl (C=O) groups excluding carboxylic acids is 2. The van der Waals surface area contributed by atoms with Gasteiger partial charge in [0.1, 0.15) is 0 Å². The van der Waals surface area contributed by atoms with Crippen molar-refractivity contribution in [3.05, 3.63) is 63.6 Å². The van der Waals surface area contributed by atoms with Crippen LogP contribution in [0.4, 0.5) is 5.69 Å². The number of carbonyl (C=O) groups is 2. The second-order valence-electron chi connectivity index (χ2n) is 4.83. The number of halogens is 2. The fourth-order valence-corrected chi connectivity index (χ4v) is 2.48. The maximum absolute atomic E-state index is 12.7. The molecule has 2 aromatic carbocycles. The molecule has 1 atom stereocenters. The molecule has 0 fully saturated rings. The van der Waals surface area contributed by atoms with Gasteiger partial charge in [-0.25, -0.2) is 0 Å². The zero-order valence-corrected chi connectivity index (χ0v) is 15.3. The highest BCUT2D eigenvalue weighted by Crippen LogP contribution is 2.21. The summed E-state index contributed by atoms with van der Waals surface area (Å²) in [4.78, 5) is 29.0. The molecule has 0 amide bonds. The monoisotopic (exact) mass is 407 g/mol. The van der Waals surface area contributed by atoms with Crippen LogP contribution in [-0.4, -0.2) is 24.6 Å². The highest BCUT2D eigenvalue weighted by atomic mass is 79.9. The molecule has 0 bridgehead atoms. The van der Waals surface area contributed by atoms with Crippen molar-refractivity contribution in [1.29, 1.82) is 0 Å². The van der Waals surface area contributed by atoms with Crippen LogP contribution in [0.3, 0.4) is 0 Å². The van der Waals surface area contributed by atoms with Gasteiger partial charge >= 0.3 is 5.97 Å². The zero-order valence-electron chi connectivity index (χ0n) is 12.9. The van der Waals surface area contributed by atoms with E-state index in [2.05, 4.69) is 20.9 Å². The van der Waals surface area contributed by atoms with Crippen molar-refractivity contribution in [3.63, 3.8) is 0 Å². The Hall–Kier alpha value is -1.98. The number of hydrogen-bond donors (Lipinski definition) is 0. The summed E-state index contributed by atoms with van der Waals surface area (Å²) < 4.78 is 5.90. The average Bonchev–Trinajstić information content (AvgIpc) is 2.57. The van der Waals surface area contributed by atoms with Gasteiger partial charge in [-0.15, -0.1) is 0 Å². The highest BCUT2D eigenvalue weighted by molar-refractivity contribution is 9.10. The molecule has 0 N–H and O–H groups in total. The van der Waals surface area contributed by atoms with Crippen LogP contribution in [0.15, 0.2) is 58.0 Å². The van der Waals surface area contributed by atoms with Gasteiger partial charge < -0.3 is 4.74 Å². The Kier molecular flexibility index (Phi) is 6.70. The van der Waals surface area contributed by atoms with E-state index < -0.39 is 17.7 Å². The largest absolute Gasteiger partial charge is 0.465 e. The third kappa shape index (κ3) is 4.76. The Bertz CT molecular complexity index is 759. The van der Waals surface area contributed by atoms with E-state index >= 15 is 0 Å². The summed E-state index contributed by atoms with van der Waals surface area (Å²) in [5, 5.41) is 0.286. The van der Waals surface area contributed by atoms with Crippen molar-refractivity contribution in [1.82, 2.24) is 0 Å². The van der Waals surface area contributed by atoms with Crippen molar-refractivity contribution in [2.24, 2.45) is 10.9 Å². The predicted octanol–water partition coefficient (Wildman–Crippen LogP) is 4.87. The van der Waals surface area contributed by atoms with Gasteiger partial charge in [-0.2, -0.15) is 0 Å². The Morgan fingerprint density at radius 3 is 2.50 bits per heavy atom. The molecule has 0 heterocycles. The highest BCUT2D eigenvalue weighted by Gasteiger charge is 2.28. The number of rotatable bonds is 6. The molecule has 0 saturated heterocycles. The number of nitrogens with zero attached hydrogens (tertiary/aromatic N) is 1. The van der Waals surface area contributed by atoms with Gasteiger partial charge in [0, 0.05) is 16.3 Å². The van der Waals surface area contributed by atoms with Gasteiger partial charge in [0.15, 0.2) is 11.7 Å². The molecule has 0 aliphatic heterocycles. The molecule has 6 heteroatoms. The normalized spacial score (nSPS) is 12.1. The maximum Gasteiger partial charge on any atom is 0.322 e.